The summed E-state index contributed by atoms with van der Waals surface area (Å²) in [5.74, 6) is -0.597. The quantitative estimate of drug-likeness (QED) is 0.530. The van der Waals surface area contributed by atoms with E-state index in [0.717, 1.165) is 10.8 Å². The van der Waals surface area contributed by atoms with Crippen LogP contribution >= 0.6 is 11.6 Å². The molecule has 3 rings (SSSR count). The maximum Gasteiger partial charge on any atom is 0.266 e. The van der Waals surface area contributed by atoms with Gasteiger partial charge in [0.2, 0.25) is 0 Å². The highest BCUT2D eigenvalue weighted by atomic mass is 35.5. The average Bonchev–Trinajstić information content (AvgIpc) is 2.63. The Bertz CT molecular complexity index is 1040. The van der Waals surface area contributed by atoms with Crippen LogP contribution in [0, 0.1) is 11.3 Å². The normalized spacial score (nSPS) is 11.1. The van der Waals surface area contributed by atoms with E-state index in [9.17, 15) is 15.2 Å². The lowest BCUT2D eigenvalue weighted by molar-refractivity contribution is -0.112. The molecular weight excluding hydrogens is 336 g/mol. The molecule has 0 aliphatic heterocycles. The number of benzene rings is 3. The first kappa shape index (κ1) is 16.6. The van der Waals surface area contributed by atoms with E-state index in [2.05, 4.69) is 5.32 Å². The lowest BCUT2D eigenvalue weighted by Crippen LogP contribution is -2.13. The molecule has 0 heterocycles. The fraction of sp³-hybridized carbons (Fsp3) is 0. The number of rotatable bonds is 3. The van der Waals surface area contributed by atoms with Crippen molar-refractivity contribution in [3.8, 4) is 11.8 Å². The summed E-state index contributed by atoms with van der Waals surface area (Å²) >= 11 is 6.02. The Morgan fingerprint density at radius 1 is 1.08 bits per heavy atom. The molecule has 122 valence electrons. The summed E-state index contributed by atoms with van der Waals surface area (Å²) in [4.78, 5) is 12.4. The third kappa shape index (κ3) is 3.47. The third-order valence-corrected chi connectivity index (χ3v) is 4.05. The number of carbonyl (C=O) groups is 1. The second-order valence-electron chi connectivity index (χ2n) is 5.32. The number of nitriles is 1. The summed E-state index contributed by atoms with van der Waals surface area (Å²) in [5.41, 5.74) is 0.702. The van der Waals surface area contributed by atoms with Crippen LogP contribution in [0.25, 0.3) is 16.8 Å². The summed E-state index contributed by atoms with van der Waals surface area (Å²) < 4.78 is 0. The van der Waals surface area contributed by atoms with Crippen LogP contribution in [0.2, 0.25) is 5.02 Å². The molecule has 3 aromatic carbocycles. The van der Waals surface area contributed by atoms with Gasteiger partial charge in [0.15, 0.2) is 0 Å². The number of nitrogens with one attached hydrogen (secondary N) is 1. The van der Waals surface area contributed by atoms with Gasteiger partial charge in [-0.25, -0.2) is 0 Å². The van der Waals surface area contributed by atoms with Gasteiger partial charge in [-0.05, 0) is 35.0 Å². The highest BCUT2D eigenvalue weighted by molar-refractivity contribution is 6.34. The highest BCUT2D eigenvalue weighted by Gasteiger charge is 2.13. The van der Waals surface area contributed by atoms with E-state index >= 15 is 0 Å². The van der Waals surface area contributed by atoms with Crippen LogP contribution in [0.1, 0.15) is 5.56 Å². The Balaban J connectivity index is 2.02. The Hall–Kier alpha value is -3.29. The van der Waals surface area contributed by atoms with E-state index in [1.165, 1.54) is 12.1 Å². The molecule has 1 amide bonds. The molecule has 0 aromatic heterocycles. The molecule has 0 aliphatic carbocycles. The van der Waals surface area contributed by atoms with E-state index in [0.29, 0.717) is 16.3 Å². The largest absolute Gasteiger partial charge is 0.507 e. The van der Waals surface area contributed by atoms with Crippen LogP contribution in [-0.4, -0.2) is 11.0 Å². The monoisotopic (exact) mass is 348 g/mol. The second kappa shape index (κ2) is 7.08. The minimum atomic E-state index is -0.595. The summed E-state index contributed by atoms with van der Waals surface area (Å²) in [6, 6.07) is 19.4. The van der Waals surface area contributed by atoms with Crippen molar-refractivity contribution < 1.29 is 9.90 Å². The first-order valence-electron chi connectivity index (χ1n) is 7.48. The summed E-state index contributed by atoms with van der Waals surface area (Å²) in [5, 5.41) is 24.2. The zero-order valence-electron chi connectivity index (χ0n) is 13.0. The molecule has 0 radical (unpaired) electrons. The number of carbonyl (C=O) groups excluding carboxylic acids is 1. The molecule has 0 aliphatic rings. The molecule has 0 saturated carbocycles. The maximum atomic E-state index is 12.4. The Morgan fingerprint density at radius 3 is 2.56 bits per heavy atom. The number of amides is 1. The maximum absolute atomic E-state index is 12.4. The minimum absolute atomic E-state index is 0.00278. The zero-order valence-corrected chi connectivity index (χ0v) is 13.8. The molecule has 25 heavy (non-hydrogen) atoms. The van der Waals surface area contributed by atoms with Crippen molar-refractivity contribution in [2.45, 2.75) is 0 Å². The van der Waals surface area contributed by atoms with Crippen LogP contribution in [0.4, 0.5) is 5.69 Å². The lowest BCUT2D eigenvalue weighted by atomic mass is 10.0. The Kier molecular flexibility index (Phi) is 4.69. The number of phenols is 1. The Labute approximate surface area is 149 Å². The molecule has 2 N–H and O–H groups in total. The molecule has 4 nitrogen and oxygen atoms in total. The van der Waals surface area contributed by atoms with Gasteiger partial charge in [0, 0.05) is 5.56 Å². The third-order valence-electron chi connectivity index (χ3n) is 3.72. The number of anilines is 1. The van der Waals surface area contributed by atoms with Gasteiger partial charge in [-0.1, -0.05) is 54.1 Å². The van der Waals surface area contributed by atoms with Crippen molar-refractivity contribution in [2.75, 3.05) is 5.32 Å². The summed E-state index contributed by atoms with van der Waals surface area (Å²) in [7, 11) is 0. The molecule has 0 fully saturated rings. The molecule has 0 atom stereocenters. The minimum Gasteiger partial charge on any atom is -0.507 e. The lowest BCUT2D eigenvalue weighted by Gasteiger charge is -2.08. The number of para-hydroxylation sites is 1. The fourth-order valence-corrected chi connectivity index (χ4v) is 2.66. The van der Waals surface area contributed by atoms with E-state index in [1.54, 1.807) is 30.3 Å². The van der Waals surface area contributed by atoms with Gasteiger partial charge in [-0.2, -0.15) is 5.26 Å². The number of hydrogen-bond donors (Lipinski definition) is 2. The molecule has 0 bridgehead atoms. The van der Waals surface area contributed by atoms with Crippen LogP contribution in [0.15, 0.2) is 66.2 Å². The van der Waals surface area contributed by atoms with Gasteiger partial charge >= 0.3 is 0 Å². The van der Waals surface area contributed by atoms with Crippen molar-refractivity contribution in [1.29, 1.82) is 5.26 Å². The molecular formula is C20H13ClN2O2. The number of hydrogen-bond acceptors (Lipinski definition) is 3. The number of fused-ring (bicyclic) bond motifs is 1. The SMILES string of the molecule is N#C/C(=C\c1c(O)ccc2ccccc12)C(=O)Nc1ccccc1Cl. The zero-order chi connectivity index (χ0) is 17.8. The smallest absolute Gasteiger partial charge is 0.266 e. The summed E-state index contributed by atoms with van der Waals surface area (Å²) in [6.45, 7) is 0. The van der Waals surface area contributed by atoms with Crippen molar-refractivity contribution in [2.24, 2.45) is 0 Å². The van der Waals surface area contributed by atoms with Gasteiger partial charge in [0.05, 0.1) is 10.7 Å². The van der Waals surface area contributed by atoms with Crippen LogP contribution in [-0.2, 0) is 4.79 Å². The average molecular weight is 349 g/mol. The summed E-state index contributed by atoms with van der Waals surface area (Å²) in [6.07, 6.45) is 1.38. The number of phenolic OH excluding ortho intramolecular Hbond substituents is 1. The first-order valence-corrected chi connectivity index (χ1v) is 7.86. The van der Waals surface area contributed by atoms with Gasteiger partial charge < -0.3 is 10.4 Å². The topological polar surface area (TPSA) is 73.1 Å². The van der Waals surface area contributed by atoms with Crippen LogP contribution in [0.5, 0.6) is 5.75 Å². The van der Waals surface area contributed by atoms with Crippen molar-refractivity contribution in [1.82, 2.24) is 0 Å². The van der Waals surface area contributed by atoms with Crippen molar-refractivity contribution in [3.63, 3.8) is 0 Å². The number of aromatic hydroxyl groups is 1. The predicted octanol–water partition coefficient (Wildman–Crippen LogP) is 4.74. The molecule has 3 aromatic rings. The fourth-order valence-electron chi connectivity index (χ4n) is 2.48. The van der Waals surface area contributed by atoms with Crippen LogP contribution in [0.3, 0.4) is 0 Å². The van der Waals surface area contributed by atoms with Crippen LogP contribution < -0.4 is 5.32 Å². The number of halogens is 1. The number of nitrogens with zero attached hydrogens (tertiary/aromatic N) is 1. The van der Waals surface area contributed by atoms with Crippen molar-refractivity contribution in [3.05, 3.63) is 76.8 Å². The van der Waals surface area contributed by atoms with E-state index in [1.807, 2.05) is 30.3 Å². The van der Waals surface area contributed by atoms with Gasteiger partial charge in [0.1, 0.15) is 17.4 Å². The predicted molar refractivity (Wildman–Crippen MR) is 99.3 cm³/mol. The Morgan fingerprint density at radius 2 is 1.80 bits per heavy atom. The van der Waals surface area contributed by atoms with E-state index in [4.69, 9.17) is 11.6 Å². The standard InChI is InChI=1S/C20H13ClN2O2/c21-17-7-3-4-8-18(17)23-20(25)14(12-22)11-16-15-6-2-1-5-13(15)9-10-19(16)24/h1-11,24H,(H,23,25)/b14-11+. The highest BCUT2D eigenvalue weighted by Crippen LogP contribution is 2.29. The second-order valence-corrected chi connectivity index (χ2v) is 5.73. The molecule has 0 saturated heterocycles. The van der Waals surface area contributed by atoms with Crippen molar-refractivity contribution >= 4 is 40.0 Å². The van der Waals surface area contributed by atoms with E-state index in [-0.39, 0.29) is 11.3 Å². The first-order chi connectivity index (χ1) is 12.1. The molecule has 0 spiro atoms. The van der Waals surface area contributed by atoms with Gasteiger partial charge in [-0.3, -0.25) is 4.79 Å². The van der Waals surface area contributed by atoms with Gasteiger partial charge in [0.25, 0.3) is 5.91 Å². The van der Waals surface area contributed by atoms with E-state index < -0.39 is 5.91 Å². The molecule has 5 heteroatoms. The molecule has 0 unspecified atom stereocenters. The van der Waals surface area contributed by atoms with Gasteiger partial charge in [-0.15, -0.1) is 0 Å².